The van der Waals surface area contributed by atoms with Gasteiger partial charge in [0.05, 0.1) is 0 Å². The molecule has 1 aliphatic rings. The molecule has 0 aromatic carbocycles. The molecule has 0 bridgehead atoms. The summed E-state index contributed by atoms with van der Waals surface area (Å²) in [5.74, 6) is 0.838. The molecule has 66 valence electrons. The third-order valence-corrected chi connectivity index (χ3v) is 2.82. The number of hydrogen-bond acceptors (Lipinski definition) is 1. The molecule has 1 fully saturated rings. The zero-order chi connectivity index (χ0) is 8.32. The molecule has 0 aromatic rings. The Labute approximate surface area is 70.1 Å². The lowest BCUT2D eigenvalue weighted by molar-refractivity contribution is 0.169. The highest BCUT2D eigenvalue weighted by atomic mass is 16.5. The first-order valence-electron chi connectivity index (χ1n) is 4.72. The maximum absolute atomic E-state index is 5.35. The van der Waals surface area contributed by atoms with E-state index in [4.69, 9.17) is 4.74 Å². The fraction of sp³-hybridized carbons (Fsp3) is 1.00. The average Bonchev–Trinajstić information content (AvgIpc) is 2.39. The Bertz CT molecular complexity index is 112. The molecular formula is C10H20O. The summed E-state index contributed by atoms with van der Waals surface area (Å²) in [6.45, 7) is 8.97. The third kappa shape index (κ3) is 2.82. The fourth-order valence-electron chi connectivity index (χ4n) is 1.67. The molecule has 11 heavy (non-hydrogen) atoms. The molecule has 1 unspecified atom stereocenters. The Kier molecular flexibility index (Phi) is 2.94. The van der Waals surface area contributed by atoms with Gasteiger partial charge in [0.1, 0.15) is 0 Å². The molecule has 1 heterocycles. The van der Waals surface area contributed by atoms with E-state index in [-0.39, 0.29) is 0 Å². The minimum absolute atomic E-state index is 0.526. The summed E-state index contributed by atoms with van der Waals surface area (Å²) >= 11 is 0. The van der Waals surface area contributed by atoms with Crippen molar-refractivity contribution in [1.29, 1.82) is 0 Å². The van der Waals surface area contributed by atoms with Crippen molar-refractivity contribution in [2.45, 2.75) is 40.0 Å². The van der Waals surface area contributed by atoms with Gasteiger partial charge >= 0.3 is 0 Å². The lowest BCUT2D eigenvalue weighted by atomic mass is 9.80. The Morgan fingerprint density at radius 3 is 2.64 bits per heavy atom. The predicted molar refractivity (Wildman–Crippen MR) is 47.6 cm³/mol. The van der Waals surface area contributed by atoms with Crippen LogP contribution in [0.4, 0.5) is 0 Å². The largest absolute Gasteiger partial charge is 0.381 e. The van der Waals surface area contributed by atoms with Crippen molar-refractivity contribution in [1.82, 2.24) is 0 Å². The lowest BCUT2D eigenvalue weighted by Crippen LogP contribution is -2.16. The first-order chi connectivity index (χ1) is 5.14. The monoisotopic (exact) mass is 156 g/mol. The zero-order valence-corrected chi connectivity index (χ0v) is 8.02. The predicted octanol–water partition coefficient (Wildman–Crippen LogP) is 2.85. The van der Waals surface area contributed by atoms with Crippen LogP contribution in [0.2, 0.25) is 0 Å². The van der Waals surface area contributed by atoms with Gasteiger partial charge in [-0.3, -0.25) is 0 Å². The second-order valence-electron chi connectivity index (χ2n) is 4.45. The highest BCUT2D eigenvalue weighted by Crippen LogP contribution is 2.32. The molecule has 1 saturated heterocycles. The zero-order valence-electron chi connectivity index (χ0n) is 8.02. The standard InChI is InChI=1S/C10H20O/c1-4-10(2,3)7-9-5-6-11-8-9/h9H,4-8H2,1-3H3. The molecule has 0 spiro atoms. The molecule has 1 aliphatic heterocycles. The average molecular weight is 156 g/mol. The van der Waals surface area contributed by atoms with E-state index in [0.29, 0.717) is 5.41 Å². The fourth-order valence-corrected chi connectivity index (χ4v) is 1.67. The van der Waals surface area contributed by atoms with Gasteiger partial charge in [0.25, 0.3) is 0 Å². The van der Waals surface area contributed by atoms with Gasteiger partial charge in [-0.25, -0.2) is 0 Å². The SMILES string of the molecule is CCC(C)(C)CC1CCOC1. The highest BCUT2D eigenvalue weighted by molar-refractivity contribution is 4.74. The van der Waals surface area contributed by atoms with E-state index >= 15 is 0 Å². The van der Waals surface area contributed by atoms with Gasteiger partial charge in [-0.05, 0) is 24.2 Å². The molecule has 0 radical (unpaired) electrons. The summed E-state index contributed by atoms with van der Waals surface area (Å²) in [5.41, 5.74) is 0.526. The van der Waals surface area contributed by atoms with E-state index in [2.05, 4.69) is 20.8 Å². The van der Waals surface area contributed by atoms with Crippen molar-refractivity contribution in [3.8, 4) is 0 Å². The quantitative estimate of drug-likeness (QED) is 0.610. The Hall–Kier alpha value is -0.0400. The Morgan fingerprint density at radius 2 is 2.18 bits per heavy atom. The molecule has 0 aliphatic carbocycles. The van der Waals surface area contributed by atoms with E-state index in [1.807, 2.05) is 0 Å². The minimum atomic E-state index is 0.526. The first-order valence-corrected chi connectivity index (χ1v) is 4.72. The van der Waals surface area contributed by atoms with Crippen molar-refractivity contribution < 1.29 is 4.74 Å². The van der Waals surface area contributed by atoms with Gasteiger partial charge in [-0.15, -0.1) is 0 Å². The van der Waals surface area contributed by atoms with Crippen LogP contribution in [-0.4, -0.2) is 13.2 Å². The molecular weight excluding hydrogens is 136 g/mol. The normalized spacial score (nSPS) is 25.9. The van der Waals surface area contributed by atoms with Crippen molar-refractivity contribution in [3.63, 3.8) is 0 Å². The van der Waals surface area contributed by atoms with E-state index in [1.165, 1.54) is 19.3 Å². The van der Waals surface area contributed by atoms with Gasteiger partial charge < -0.3 is 4.74 Å². The van der Waals surface area contributed by atoms with Gasteiger partial charge in [-0.2, -0.15) is 0 Å². The van der Waals surface area contributed by atoms with Crippen LogP contribution in [0.1, 0.15) is 40.0 Å². The van der Waals surface area contributed by atoms with Gasteiger partial charge in [0, 0.05) is 13.2 Å². The van der Waals surface area contributed by atoms with Crippen LogP contribution in [0, 0.1) is 11.3 Å². The molecule has 1 rings (SSSR count). The Morgan fingerprint density at radius 1 is 1.45 bits per heavy atom. The summed E-state index contributed by atoms with van der Waals surface area (Å²) in [5, 5.41) is 0. The number of hydrogen-bond donors (Lipinski definition) is 0. The summed E-state index contributed by atoms with van der Waals surface area (Å²) < 4.78 is 5.35. The molecule has 1 atom stereocenters. The molecule has 1 heteroatoms. The second-order valence-corrected chi connectivity index (χ2v) is 4.45. The number of ether oxygens (including phenoxy) is 1. The second kappa shape index (κ2) is 3.57. The van der Waals surface area contributed by atoms with Gasteiger partial charge in [-0.1, -0.05) is 27.2 Å². The Balaban J connectivity index is 2.28. The smallest absolute Gasteiger partial charge is 0.0495 e. The molecule has 0 N–H and O–H groups in total. The van der Waals surface area contributed by atoms with Crippen LogP contribution in [0.5, 0.6) is 0 Å². The molecule has 0 saturated carbocycles. The highest BCUT2D eigenvalue weighted by Gasteiger charge is 2.24. The molecule has 0 amide bonds. The van der Waals surface area contributed by atoms with E-state index in [0.717, 1.165) is 19.1 Å². The maximum atomic E-state index is 5.35. The number of rotatable bonds is 3. The molecule has 0 aromatic heterocycles. The van der Waals surface area contributed by atoms with Gasteiger partial charge in [0.2, 0.25) is 0 Å². The van der Waals surface area contributed by atoms with Crippen LogP contribution in [0.25, 0.3) is 0 Å². The maximum Gasteiger partial charge on any atom is 0.0495 e. The lowest BCUT2D eigenvalue weighted by Gasteiger charge is -2.25. The van der Waals surface area contributed by atoms with Crippen LogP contribution in [0.3, 0.4) is 0 Å². The summed E-state index contributed by atoms with van der Waals surface area (Å²) in [6.07, 6.45) is 3.90. The topological polar surface area (TPSA) is 9.23 Å². The summed E-state index contributed by atoms with van der Waals surface area (Å²) in [7, 11) is 0. The van der Waals surface area contributed by atoms with Crippen molar-refractivity contribution in [2.75, 3.05) is 13.2 Å². The van der Waals surface area contributed by atoms with Crippen molar-refractivity contribution >= 4 is 0 Å². The summed E-state index contributed by atoms with van der Waals surface area (Å²) in [4.78, 5) is 0. The van der Waals surface area contributed by atoms with Crippen LogP contribution in [-0.2, 0) is 4.74 Å². The van der Waals surface area contributed by atoms with Crippen LogP contribution >= 0.6 is 0 Å². The third-order valence-electron chi connectivity index (χ3n) is 2.82. The molecule has 1 nitrogen and oxygen atoms in total. The van der Waals surface area contributed by atoms with Gasteiger partial charge in [0.15, 0.2) is 0 Å². The van der Waals surface area contributed by atoms with Crippen LogP contribution < -0.4 is 0 Å². The van der Waals surface area contributed by atoms with E-state index in [1.54, 1.807) is 0 Å². The summed E-state index contributed by atoms with van der Waals surface area (Å²) in [6, 6.07) is 0. The van der Waals surface area contributed by atoms with Crippen LogP contribution in [0.15, 0.2) is 0 Å². The minimum Gasteiger partial charge on any atom is -0.381 e. The van der Waals surface area contributed by atoms with Crippen molar-refractivity contribution in [3.05, 3.63) is 0 Å². The van der Waals surface area contributed by atoms with Crippen molar-refractivity contribution in [2.24, 2.45) is 11.3 Å². The van der Waals surface area contributed by atoms with E-state index in [9.17, 15) is 0 Å². The first kappa shape index (κ1) is 9.05. The van der Waals surface area contributed by atoms with E-state index < -0.39 is 0 Å².